The van der Waals surface area contributed by atoms with E-state index in [0.29, 0.717) is 13.1 Å². The van der Waals surface area contributed by atoms with E-state index in [1.165, 1.54) is 29.7 Å². The molecule has 0 bridgehead atoms. The van der Waals surface area contributed by atoms with Gasteiger partial charge >= 0.3 is 6.09 Å². The topological polar surface area (TPSA) is 45.2 Å². The van der Waals surface area contributed by atoms with Crippen LogP contribution in [-0.2, 0) is 11.2 Å². The number of ether oxygens (including phenoxy) is 2. The van der Waals surface area contributed by atoms with E-state index in [9.17, 15) is 4.79 Å². The molecule has 2 fully saturated rings. The molecule has 0 N–H and O–H groups in total. The number of benzene rings is 2. The van der Waals surface area contributed by atoms with Crippen molar-refractivity contribution in [2.24, 2.45) is 5.92 Å². The molecule has 0 atom stereocenters. The van der Waals surface area contributed by atoms with Gasteiger partial charge in [-0.3, -0.25) is 0 Å². The highest BCUT2D eigenvalue weighted by Crippen LogP contribution is 2.36. The van der Waals surface area contributed by atoms with E-state index in [4.69, 9.17) is 9.47 Å². The lowest BCUT2D eigenvalue weighted by molar-refractivity contribution is 0.0240. The normalized spacial score (nSPS) is 17.9. The zero-order valence-electron chi connectivity index (χ0n) is 21.5. The molecular formula is C28H39N3O3S. The minimum Gasteiger partial charge on any atom is -0.495 e. The van der Waals surface area contributed by atoms with Crippen LogP contribution in [0.2, 0.25) is 0 Å². The fourth-order valence-corrected chi connectivity index (χ4v) is 5.72. The summed E-state index contributed by atoms with van der Waals surface area (Å²) in [7, 11) is 1.72. The van der Waals surface area contributed by atoms with Crippen LogP contribution in [-0.4, -0.2) is 67.3 Å². The van der Waals surface area contributed by atoms with Crippen LogP contribution in [0.15, 0.2) is 53.4 Å². The molecule has 2 aliphatic rings. The molecule has 0 radical (unpaired) electrons. The number of nitrogens with zero attached hydrogens (tertiary/aromatic N) is 3. The van der Waals surface area contributed by atoms with Crippen LogP contribution in [0.25, 0.3) is 0 Å². The van der Waals surface area contributed by atoms with Gasteiger partial charge in [-0.2, -0.15) is 0 Å². The summed E-state index contributed by atoms with van der Waals surface area (Å²) in [5, 5.41) is 0. The smallest absolute Gasteiger partial charge is 0.410 e. The number of piperazine rings is 1. The van der Waals surface area contributed by atoms with Crippen molar-refractivity contribution in [2.45, 2.75) is 50.5 Å². The lowest BCUT2D eigenvalue weighted by Gasteiger charge is -2.37. The minimum atomic E-state index is -0.473. The second-order valence-electron chi connectivity index (χ2n) is 10.4. The van der Waals surface area contributed by atoms with Gasteiger partial charge in [0.25, 0.3) is 0 Å². The van der Waals surface area contributed by atoms with Gasteiger partial charge in [0.05, 0.1) is 12.8 Å². The van der Waals surface area contributed by atoms with E-state index in [1.807, 2.05) is 32.7 Å². The molecule has 0 spiro atoms. The molecule has 0 unspecified atom stereocenters. The molecule has 2 aliphatic heterocycles. The SMILES string of the molecule is COc1ccc(SN2CCC(Cc3ccccc3)CC2)cc1N1CCN(C(=O)OC(C)(C)C)CC1. The molecule has 0 aromatic heterocycles. The zero-order valence-corrected chi connectivity index (χ0v) is 22.4. The Morgan fingerprint density at radius 1 is 0.971 bits per heavy atom. The number of hydrogen-bond donors (Lipinski definition) is 0. The van der Waals surface area contributed by atoms with Gasteiger partial charge in [-0.25, -0.2) is 9.10 Å². The van der Waals surface area contributed by atoms with E-state index in [0.717, 1.165) is 43.5 Å². The number of carbonyl (C=O) groups excluding carboxylic acids is 1. The number of carbonyl (C=O) groups is 1. The van der Waals surface area contributed by atoms with Gasteiger partial charge in [0.1, 0.15) is 11.4 Å². The van der Waals surface area contributed by atoms with Gasteiger partial charge in [-0.15, -0.1) is 0 Å². The molecule has 2 aromatic rings. The summed E-state index contributed by atoms with van der Waals surface area (Å²) < 4.78 is 13.7. The van der Waals surface area contributed by atoms with E-state index in [1.54, 1.807) is 12.0 Å². The third kappa shape index (κ3) is 7.31. The Balaban J connectivity index is 1.32. The lowest BCUT2D eigenvalue weighted by Crippen LogP contribution is -2.50. The van der Waals surface area contributed by atoms with Crippen molar-refractivity contribution in [2.75, 3.05) is 51.3 Å². The highest BCUT2D eigenvalue weighted by Gasteiger charge is 2.27. The van der Waals surface area contributed by atoms with Gasteiger partial charge in [0, 0.05) is 44.2 Å². The van der Waals surface area contributed by atoms with Crippen LogP contribution in [0.5, 0.6) is 5.75 Å². The number of anilines is 1. The maximum atomic E-state index is 12.4. The second-order valence-corrected chi connectivity index (χ2v) is 11.6. The third-order valence-electron chi connectivity index (χ3n) is 6.60. The van der Waals surface area contributed by atoms with Gasteiger partial charge < -0.3 is 19.3 Å². The monoisotopic (exact) mass is 497 g/mol. The lowest BCUT2D eigenvalue weighted by atomic mass is 9.91. The number of rotatable bonds is 6. The molecule has 190 valence electrons. The Kier molecular flexibility index (Phi) is 8.50. The Labute approximate surface area is 214 Å². The number of methoxy groups -OCH3 is 1. The summed E-state index contributed by atoms with van der Waals surface area (Å²) >= 11 is 1.85. The zero-order chi connectivity index (χ0) is 24.8. The van der Waals surface area contributed by atoms with Crippen LogP contribution in [0, 0.1) is 5.92 Å². The van der Waals surface area contributed by atoms with Gasteiger partial charge in [-0.1, -0.05) is 30.3 Å². The largest absolute Gasteiger partial charge is 0.495 e. The molecule has 4 rings (SSSR count). The maximum Gasteiger partial charge on any atom is 0.410 e. The van der Waals surface area contributed by atoms with Crippen LogP contribution in [0.3, 0.4) is 0 Å². The Morgan fingerprint density at radius 3 is 2.29 bits per heavy atom. The Hall–Kier alpha value is -2.38. The molecule has 35 heavy (non-hydrogen) atoms. The number of hydrogen-bond acceptors (Lipinski definition) is 6. The first kappa shape index (κ1) is 25.7. The quantitative estimate of drug-likeness (QED) is 0.476. The van der Waals surface area contributed by atoms with Crippen molar-refractivity contribution >= 4 is 23.7 Å². The van der Waals surface area contributed by atoms with Crippen molar-refractivity contribution in [3.8, 4) is 5.75 Å². The molecule has 6 nitrogen and oxygen atoms in total. The summed E-state index contributed by atoms with van der Waals surface area (Å²) in [6.45, 7) is 10.7. The van der Waals surface area contributed by atoms with Crippen molar-refractivity contribution in [3.63, 3.8) is 0 Å². The van der Waals surface area contributed by atoms with Crippen LogP contribution >= 0.6 is 11.9 Å². The number of piperidine rings is 1. The molecule has 0 aliphatic carbocycles. The van der Waals surface area contributed by atoms with Gasteiger partial charge in [-0.05, 0) is 81.7 Å². The summed E-state index contributed by atoms with van der Waals surface area (Å²) in [5.41, 5.74) is 2.07. The van der Waals surface area contributed by atoms with Gasteiger partial charge in [0.2, 0.25) is 0 Å². The van der Waals surface area contributed by atoms with Crippen LogP contribution < -0.4 is 9.64 Å². The van der Waals surface area contributed by atoms with Crippen molar-refractivity contribution in [1.82, 2.24) is 9.21 Å². The van der Waals surface area contributed by atoms with E-state index in [-0.39, 0.29) is 6.09 Å². The van der Waals surface area contributed by atoms with E-state index < -0.39 is 5.60 Å². The fraction of sp³-hybridized carbons (Fsp3) is 0.536. The maximum absolute atomic E-state index is 12.4. The Morgan fingerprint density at radius 2 is 1.66 bits per heavy atom. The van der Waals surface area contributed by atoms with Crippen molar-refractivity contribution in [3.05, 3.63) is 54.1 Å². The molecule has 2 heterocycles. The second kappa shape index (κ2) is 11.6. The van der Waals surface area contributed by atoms with Crippen molar-refractivity contribution < 1.29 is 14.3 Å². The van der Waals surface area contributed by atoms with Crippen LogP contribution in [0.4, 0.5) is 10.5 Å². The predicted octanol–water partition coefficient (Wildman–Crippen LogP) is 5.71. The van der Waals surface area contributed by atoms with Crippen LogP contribution in [0.1, 0.15) is 39.2 Å². The highest BCUT2D eigenvalue weighted by atomic mass is 32.2. The average Bonchev–Trinajstić information content (AvgIpc) is 2.85. The molecule has 2 saturated heterocycles. The van der Waals surface area contributed by atoms with Gasteiger partial charge in [0.15, 0.2) is 0 Å². The minimum absolute atomic E-state index is 0.232. The first-order valence-corrected chi connectivity index (χ1v) is 13.5. The molecule has 1 amide bonds. The van der Waals surface area contributed by atoms with E-state index >= 15 is 0 Å². The summed E-state index contributed by atoms with van der Waals surface area (Å²) in [4.78, 5) is 17.8. The molecular weight excluding hydrogens is 458 g/mol. The fourth-order valence-electron chi connectivity index (χ4n) is 4.73. The molecule has 2 aromatic carbocycles. The summed E-state index contributed by atoms with van der Waals surface area (Å²) in [5.74, 6) is 1.64. The highest BCUT2D eigenvalue weighted by molar-refractivity contribution is 7.97. The Bertz CT molecular complexity index is 963. The summed E-state index contributed by atoms with van der Waals surface area (Å²) in [6.07, 6.45) is 3.42. The number of amides is 1. The predicted molar refractivity (Wildman–Crippen MR) is 143 cm³/mol. The first-order chi connectivity index (χ1) is 16.8. The van der Waals surface area contributed by atoms with Crippen molar-refractivity contribution in [1.29, 1.82) is 0 Å². The third-order valence-corrected chi connectivity index (χ3v) is 7.69. The molecule has 7 heteroatoms. The average molecular weight is 498 g/mol. The first-order valence-electron chi connectivity index (χ1n) is 12.7. The standard InChI is InChI=1S/C28H39N3O3S/c1-28(2,3)34-27(32)30-18-16-29(17-19-30)25-21-24(10-11-26(25)33-4)35-31-14-12-23(13-15-31)20-22-8-6-5-7-9-22/h5-11,21,23H,12-20H2,1-4H3. The van der Waals surface area contributed by atoms with E-state index in [2.05, 4.69) is 57.7 Å². The molecule has 0 saturated carbocycles. The summed E-state index contributed by atoms with van der Waals surface area (Å²) in [6, 6.07) is 17.3.